The fourth-order valence-corrected chi connectivity index (χ4v) is 8.14. The van der Waals surface area contributed by atoms with Gasteiger partial charge in [-0.1, -0.05) is 109 Å². The van der Waals surface area contributed by atoms with E-state index in [0.29, 0.717) is 22.9 Å². The highest BCUT2D eigenvalue weighted by atomic mass is 32.2. The average molecular weight is 785 g/mol. The summed E-state index contributed by atoms with van der Waals surface area (Å²) in [6.45, 7) is 9.12. The van der Waals surface area contributed by atoms with Crippen LogP contribution in [0.15, 0.2) is 109 Å². The SMILES string of the molecule is O=C(CSC(=S)N1CCN(Cc2ccccc2)CC1)Nc1ccc(Oc2ccc(NC(=O)CSC(=S)N3CCN(Cc4ccccc4)CC3)cc2)cc1. The number of hydrogen-bond donors (Lipinski definition) is 2. The molecule has 2 saturated heterocycles. The minimum Gasteiger partial charge on any atom is -0.457 e. The van der Waals surface area contributed by atoms with Crippen LogP contribution in [0.4, 0.5) is 11.4 Å². The van der Waals surface area contributed by atoms with Crippen molar-refractivity contribution in [3.63, 3.8) is 0 Å². The minimum absolute atomic E-state index is 0.107. The van der Waals surface area contributed by atoms with Crippen molar-refractivity contribution in [3.8, 4) is 11.5 Å². The van der Waals surface area contributed by atoms with E-state index in [1.807, 2.05) is 36.4 Å². The summed E-state index contributed by atoms with van der Waals surface area (Å²) in [5.74, 6) is 1.55. The third-order valence-electron chi connectivity index (χ3n) is 8.92. The zero-order chi connectivity index (χ0) is 36.8. The Hall–Kier alpha value is -3.98. The van der Waals surface area contributed by atoms with Crippen LogP contribution < -0.4 is 15.4 Å². The quantitative estimate of drug-likeness (QED) is 0.146. The van der Waals surface area contributed by atoms with E-state index in [-0.39, 0.29) is 23.3 Å². The van der Waals surface area contributed by atoms with Crippen LogP contribution in [-0.4, -0.2) is 104 Å². The molecule has 4 aromatic carbocycles. The van der Waals surface area contributed by atoms with Gasteiger partial charge in [0.05, 0.1) is 11.5 Å². The monoisotopic (exact) mass is 784 g/mol. The lowest BCUT2D eigenvalue weighted by Gasteiger charge is -2.35. The van der Waals surface area contributed by atoms with Crippen molar-refractivity contribution < 1.29 is 14.3 Å². The van der Waals surface area contributed by atoms with E-state index in [1.54, 1.807) is 24.3 Å². The molecule has 0 spiro atoms. The van der Waals surface area contributed by atoms with Crippen LogP contribution >= 0.6 is 48.0 Å². The Balaban J connectivity index is 0.845. The van der Waals surface area contributed by atoms with Crippen molar-refractivity contribution >= 4 is 79.8 Å². The molecule has 0 saturated carbocycles. The summed E-state index contributed by atoms with van der Waals surface area (Å²) in [7, 11) is 0. The van der Waals surface area contributed by atoms with E-state index in [4.69, 9.17) is 29.2 Å². The molecule has 0 unspecified atom stereocenters. The van der Waals surface area contributed by atoms with Gasteiger partial charge in [-0.25, -0.2) is 0 Å². The molecule has 0 atom stereocenters. The van der Waals surface area contributed by atoms with Crippen LogP contribution in [0, 0.1) is 0 Å². The van der Waals surface area contributed by atoms with Gasteiger partial charge < -0.3 is 25.2 Å². The molecule has 2 fully saturated rings. The summed E-state index contributed by atoms with van der Waals surface area (Å²) in [6, 6.07) is 35.5. The number of piperazine rings is 2. The Bertz CT molecular complexity index is 1670. The number of nitrogens with one attached hydrogen (secondary N) is 2. The zero-order valence-corrected chi connectivity index (χ0v) is 32.8. The fraction of sp³-hybridized carbons (Fsp3) is 0.300. The Morgan fingerprint density at radius 2 is 0.887 bits per heavy atom. The first-order chi connectivity index (χ1) is 25.9. The summed E-state index contributed by atoms with van der Waals surface area (Å²) in [5, 5.41) is 5.88. The number of carbonyl (C=O) groups is 2. The highest BCUT2D eigenvalue weighted by Crippen LogP contribution is 2.25. The smallest absolute Gasteiger partial charge is 0.234 e. The first-order valence-corrected chi connectivity index (χ1v) is 20.5. The molecule has 2 N–H and O–H groups in total. The van der Waals surface area contributed by atoms with Crippen LogP contribution in [-0.2, 0) is 22.7 Å². The van der Waals surface area contributed by atoms with Gasteiger partial charge in [0.2, 0.25) is 11.8 Å². The number of thioether (sulfide) groups is 2. The minimum atomic E-state index is -0.107. The molecule has 2 aliphatic rings. The van der Waals surface area contributed by atoms with Gasteiger partial charge in [0, 0.05) is 76.8 Å². The molecule has 2 aliphatic heterocycles. The number of nitrogens with zero attached hydrogens (tertiary/aromatic N) is 4. The lowest BCUT2D eigenvalue weighted by molar-refractivity contribution is -0.114. The van der Waals surface area contributed by atoms with Crippen LogP contribution in [0.25, 0.3) is 0 Å². The van der Waals surface area contributed by atoms with Crippen molar-refractivity contribution in [1.82, 2.24) is 19.6 Å². The third-order valence-corrected chi connectivity index (χ3v) is 12.0. The topological polar surface area (TPSA) is 80.4 Å². The molecule has 4 aromatic rings. The number of ether oxygens (including phenoxy) is 1. The largest absolute Gasteiger partial charge is 0.457 e. The van der Waals surface area contributed by atoms with E-state index in [1.165, 1.54) is 34.7 Å². The van der Waals surface area contributed by atoms with Crippen molar-refractivity contribution in [2.24, 2.45) is 0 Å². The molecule has 13 heteroatoms. The second-order valence-electron chi connectivity index (χ2n) is 12.9. The maximum Gasteiger partial charge on any atom is 0.234 e. The second-order valence-corrected chi connectivity index (χ2v) is 16.1. The van der Waals surface area contributed by atoms with Crippen molar-refractivity contribution in [2.45, 2.75) is 13.1 Å². The normalized spacial score (nSPS) is 15.1. The number of benzene rings is 4. The van der Waals surface area contributed by atoms with Crippen LogP contribution in [0.2, 0.25) is 0 Å². The van der Waals surface area contributed by atoms with Gasteiger partial charge in [-0.2, -0.15) is 0 Å². The summed E-state index contributed by atoms with van der Waals surface area (Å²) >= 11 is 14.1. The van der Waals surface area contributed by atoms with E-state index >= 15 is 0 Å². The molecule has 6 rings (SSSR count). The molecule has 53 heavy (non-hydrogen) atoms. The standard InChI is InChI=1S/C40H44N6O3S4/c47-37(29-52-39(50)45-23-19-43(20-24-45)27-31-7-3-1-4-8-31)41-33-11-15-35(16-12-33)49-36-17-13-34(14-18-36)42-38(48)30-53-40(51)46-25-21-44(22-26-46)28-32-9-5-2-6-10-32/h1-18H,19-30H2,(H,41,47)(H,42,48). The molecule has 2 amide bonds. The molecule has 0 radical (unpaired) electrons. The highest BCUT2D eigenvalue weighted by molar-refractivity contribution is 8.23. The van der Waals surface area contributed by atoms with E-state index in [0.717, 1.165) is 74.1 Å². The summed E-state index contributed by atoms with van der Waals surface area (Å²) < 4.78 is 7.51. The zero-order valence-electron chi connectivity index (χ0n) is 29.5. The predicted molar refractivity (Wildman–Crippen MR) is 227 cm³/mol. The highest BCUT2D eigenvalue weighted by Gasteiger charge is 2.21. The van der Waals surface area contributed by atoms with Crippen LogP contribution in [0.5, 0.6) is 11.5 Å². The molecule has 0 aromatic heterocycles. The Kier molecular flexibility index (Phi) is 14.6. The lowest BCUT2D eigenvalue weighted by Crippen LogP contribution is -2.47. The maximum atomic E-state index is 12.7. The maximum absolute atomic E-state index is 12.7. The molecule has 2 heterocycles. The van der Waals surface area contributed by atoms with E-state index < -0.39 is 0 Å². The van der Waals surface area contributed by atoms with Crippen LogP contribution in [0.1, 0.15) is 11.1 Å². The predicted octanol–water partition coefficient (Wildman–Crippen LogP) is 7.03. The first kappa shape index (κ1) is 38.7. The third kappa shape index (κ3) is 12.5. The van der Waals surface area contributed by atoms with Gasteiger partial charge in [-0.05, 0) is 59.7 Å². The molecule has 0 aliphatic carbocycles. The first-order valence-electron chi connectivity index (χ1n) is 17.7. The number of hydrogen-bond acceptors (Lipinski definition) is 9. The molecule has 276 valence electrons. The average Bonchev–Trinajstić information content (AvgIpc) is 3.19. The van der Waals surface area contributed by atoms with Gasteiger partial charge in [0.15, 0.2) is 0 Å². The van der Waals surface area contributed by atoms with Gasteiger partial charge in [-0.3, -0.25) is 19.4 Å². The van der Waals surface area contributed by atoms with Gasteiger partial charge in [-0.15, -0.1) is 0 Å². The van der Waals surface area contributed by atoms with E-state index in [2.05, 4.69) is 78.8 Å². The van der Waals surface area contributed by atoms with Crippen molar-refractivity contribution in [2.75, 3.05) is 74.5 Å². The number of anilines is 2. The molecular weight excluding hydrogens is 741 g/mol. The molecule has 0 bridgehead atoms. The van der Waals surface area contributed by atoms with Crippen LogP contribution in [0.3, 0.4) is 0 Å². The molecule has 9 nitrogen and oxygen atoms in total. The number of thiocarbonyl (C=S) groups is 2. The van der Waals surface area contributed by atoms with Gasteiger partial charge >= 0.3 is 0 Å². The summed E-state index contributed by atoms with van der Waals surface area (Å²) in [6.07, 6.45) is 0. The second kappa shape index (κ2) is 19.9. The number of carbonyl (C=O) groups excluding carboxylic acids is 2. The fourth-order valence-electron chi connectivity index (χ4n) is 6.04. The number of amides is 2. The Morgan fingerprint density at radius 3 is 1.25 bits per heavy atom. The Labute approximate surface area is 331 Å². The number of rotatable bonds is 12. The molecular formula is C40H44N6O3S4. The van der Waals surface area contributed by atoms with E-state index in [9.17, 15) is 9.59 Å². The van der Waals surface area contributed by atoms with Gasteiger partial charge in [0.1, 0.15) is 20.1 Å². The summed E-state index contributed by atoms with van der Waals surface area (Å²) in [5.41, 5.74) is 4.00. The summed E-state index contributed by atoms with van der Waals surface area (Å²) in [4.78, 5) is 34.6. The Morgan fingerprint density at radius 1 is 0.528 bits per heavy atom. The van der Waals surface area contributed by atoms with Gasteiger partial charge in [0.25, 0.3) is 0 Å². The lowest BCUT2D eigenvalue weighted by atomic mass is 10.2. The van der Waals surface area contributed by atoms with Crippen molar-refractivity contribution in [1.29, 1.82) is 0 Å². The van der Waals surface area contributed by atoms with Crippen molar-refractivity contribution in [3.05, 3.63) is 120 Å².